The average molecular weight is 187 g/mol. The summed E-state index contributed by atoms with van der Waals surface area (Å²) in [5.74, 6) is -0.412. The number of aliphatic hydroxyl groups is 1. The summed E-state index contributed by atoms with van der Waals surface area (Å²) in [5, 5.41) is 9.18. The largest absolute Gasteiger partial charge is 0.394 e. The molecule has 1 heterocycles. The molecule has 0 radical (unpaired) electrons. The van der Waals surface area contributed by atoms with Crippen LogP contribution in [0.5, 0.6) is 0 Å². The Morgan fingerprint density at radius 3 is 2.08 bits per heavy atom. The third-order valence-electron chi connectivity index (χ3n) is 3.40. The maximum atomic E-state index is 9.18. The van der Waals surface area contributed by atoms with Gasteiger partial charge in [0, 0.05) is 19.8 Å². The van der Waals surface area contributed by atoms with Crippen LogP contribution in [0.25, 0.3) is 0 Å². The zero-order valence-electron chi connectivity index (χ0n) is 8.25. The summed E-state index contributed by atoms with van der Waals surface area (Å²) in [7, 11) is 3.33. The first-order valence-electron chi connectivity index (χ1n) is 4.66. The Kier molecular flexibility index (Phi) is 2.11. The number of ether oxygens (including phenoxy) is 2. The zero-order valence-corrected chi connectivity index (χ0v) is 8.25. The Bertz CT molecular complexity index is 191. The molecule has 0 aromatic rings. The van der Waals surface area contributed by atoms with Crippen molar-refractivity contribution in [1.29, 1.82) is 0 Å². The highest BCUT2D eigenvalue weighted by molar-refractivity contribution is 5.09. The van der Waals surface area contributed by atoms with E-state index in [-0.39, 0.29) is 12.1 Å². The highest BCUT2D eigenvalue weighted by Gasteiger charge is 2.57. The predicted octanol–water partition coefficient (Wildman–Crippen LogP) is -0.184. The molecule has 2 aliphatic rings. The van der Waals surface area contributed by atoms with Gasteiger partial charge in [0.1, 0.15) is 0 Å². The van der Waals surface area contributed by atoms with Gasteiger partial charge in [-0.25, -0.2) is 0 Å². The summed E-state index contributed by atoms with van der Waals surface area (Å²) in [6.45, 7) is 1.82. The van der Waals surface area contributed by atoms with E-state index in [1.54, 1.807) is 14.2 Å². The number of nitrogens with zero attached hydrogens (tertiary/aromatic N) is 1. The maximum absolute atomic E-state index is 9.18. The summed E-state index contributed by atoms with van der Waals surface area (Å²) in [4.78, 5) is 2.25. The molecule has 1 aliphatic carbocycles. The highest BCUT2D eigenvalue weighted by Crippen LogP contribution is 2.46. The van der Waals surface area contributed by atoms with Crippen LogP contribution >= 0.6 is 0 Å². The summed E-state index contributed by atoms with van der Waals surface area (Å²) in [6, 6.07) is 0. The Morgan fingerprint density at radius 2 is 1.77 bits per heavy atom. The minimum atomic E-state index is -0.412. The van der Waals surface area contributed by atoms with E-state index in [4.69, 9.17) is 9.47 Å². The van der Waals surface area contributed by atoms with E-state index in [2.05, 4.69) is 4.90 Å². The molecule has 1 saturated heterocycles. The molecule has 76 valence electrons. The number of hydrogen-bond acceptors (Lipinski definition) is 4. The van der Waals surface area contributed by atoms with Gasteiger partial charge in [-0.15, -0.1) is 0 Å². The van der Waals surface area contributed by atoms with Gasteiger partial charge in [0.05, 0.1) is 19.7 Å². The van der Waals surface area contributed by atoms with Crippen molar-refractivity contribution in [2.45, 2.75) is 24.2 Å². The Morgan fingerprint density at radius 1 is 1.23 bits per heavy atom. The van der Waals surface area contributed by atoms with Crippen LogP contribution in [0.15, 0.2) is 0 Å². The van der Waals surface area contributed by atoms with E-state index >= 15 is 0 Å². The second-order valence-corrected chi connectivity index (χ2v) is 4.06. The lowest BCUT2D eigenvalue weighted by Gasteiger charge is -2.51. The fraction of sp³-hybridized carbons (Fsp3) is 1.00. The molecule has 0 unspecified atom stereocenters. The molecule has 4 nitrogen and oxygen atoms in total. The molecule has 13 heavy (non-hydrogen) atoms. The molecule has 0 bridgehead atoms. The van der Waals surface area contributed by atoms with Crippen LogP contribution < -0.4 is 0 Å². The summed E-state index contributed by atoms with van der Waals surface area (Å²) < 4.78 is 10.6. The first-order valence-corrected chi connectivity index (χ1v) is 4.66. The van der Waals surface area contributed by atoms with E-state index < -0.39 is 5.79 Å². The van der Waals surface area contributed by atoms with Crippen LogP contribution in [0.2, 0.25) is 0 Å². The topological polar surface area (TPSA) is 41.9 Å². The van der Waals surface area contributed by atoms with Crippen LogP contribution in [0.4, 0.5) is 0 Å². The second-order valence-electron chi connectivity index (χ2n) is 4.06. The van der Waals surface area contributed by atoms with Gasteiger partial charge in [0.15, 0.2) is 5.79 Å². The molecule has 1 aliphatic heterocycles. The number of hydrogen-bond donors (Lipinski definition) is 1. The van der Waals surface area contributed by atoms with Gasteiger partial charge < -0.3 is 14.6 Å². The molecule has 0 spiro atoms. The van der Waals surface area contributed by atoms with Gasteiger partial charge in [-0.3, -0.25) is 4.90 Å². The van der Waals surface area contributed by atoms with E-state index in [9.17, 15) is 5.11 Å². The third-order valence-corrected chi connectivity index (χ3v) is 3.40. The van der Waals surface area contributed by atoms with Crippen molar-refractivity contribution in [2.75, 3.05) is 33.9 Å². The third kappa shape index (κ3) is 1.29. The maximum Gasteiger partial charge on any atom is 0.193 e. The first-order chi connectivity index (χ1) is 6.20. The van der Waals surface area contributed by atoms with Crippen LogP contribution in [-0.4, -0.2) is 55.2 Å². The van der Waals surface area contributed by atoms with Crippen LogP contribution in [-0.2, 0) is 9.47 Å². The molecule has 4 heteroatoms. The normalized spacial score (nSPS) is 29.8. The van der Waals surface area contributed by atoms with Crippen molar-refractivity contribution < 1.29 is 14.6 Å². The predicted molar refractivity (Wildman–Crippen MR) is 47.4 cm³/mol. The molecule has 2 fully saturated rings. The summed E-state index contributed by atoms with van der Waals surface area (Å²) in [6.07, 6.45) is 2.21. The zero-order chi connectivity index (χ0) is 9.53. The lowest BCUT2D eigenvalue weighted by molar-refractivity contribution is -0.286. The highest BCUT2D eigenvalue weighted by atomic mass is 16.7. The lowest BCUT2D eigenvalue weighted by Crippen LogP contribution is -2.68. The van der Waals surface area contributed by atoms with Crippen molar-refractivity contribution in [1.82, 2.24) is 4.90 Å². The van der Waals surface area contributed by atoms with Crippen molar-refractivity contribution >= 4 is 0 Å². The molecule has 0 aromatic heterocycles. The molecule has 0 aromatic carbocycles. The van der Waals surface area contributed by atoms with Crippen LogP contribution in [0.1, 0.15) is 12.8 Å². The van der Waals surface area contributed by atoms with Crippen molar-refractivity contribution in [2.24, 2.45) is 0 Å². The fourth-order valence-electron chi connectivity index (χ4n) is 1.93. The number of rotatable bonds is 4. The minimum Gasteiger partial charge on any atom is -0.394 e. The minimum absolute atomic E-state index is 0.0700. The van der Waals surface area contributed by atoms with Gasteiger partial charge in [0.2, 0.25) is 0 Å². The molecule has 1 saturated carbocycles. The van der Waals surface area contributed by atoms with Gasteiger partial charge >= 0.3 is 0 Å². The molecule has 1 N–H and O–H groups in total. The molecular formula is C9H17NO3. The van der Waals surface area contributed by atoms with E-state index in [0.29, 0.717) is 0 Å². The smallest absolute Gasteiger partial charge is 0.193 e. The number of methoxy groups -OCH3 is 2. The Balaban J connectivity index is 1.90. The van der Waals surface area contributed by atoms with Crippen molar-refractivity contribution in [3.63, 3.8) is 0 Å². The second kappa shape index (κ2) is 2.92. The van der Waals surface area contributed by atoms with Gasteiger partial charge in [-0.05, 0) is 12.8 Å². The summed E-state index contributed by atoms with van der Waals surface area (Å²) >= 11 is 0. The van der Waals surface area contributed by atoms with E-state index in [0.717, 1.165) is 25.9 Å². The van der Waals surface area contributed by atoms with Gasteiger partial charge in [0.25, 0.3) is 0 Å². The van der Waals surface area contributed by atoms with Gasteiger partial charge in [-0.2, -0.15) is 0 Å². The summed E-state index contributed by atoms with van der Waals surface area (Å²) in [5.41, 5.74) is 0.0700. The van der Waals surface area contributed by atoms with E-state index in [1.807, 2.05) is 0 Å². The van der Waals surface area contributed by atoms with E-state index in [1.165, 1.54) is 0 Å². The molecule has 0 amide bonds. The van der Waals surface area contributed by atoms with Crippen LogP contribution in [0.3, 0.4) is 0 Å². The number of aliphatic hydroxyl groups excluding tert-OH is 1. The van der Waals surface area contributed by atoms with Gasteiger partial charge in [-0.1, -0.05) is 0 Å². The molecular weight excluding hydrogens is 170 g/mol. The monoisotopic (exact) mass is 187 g/mol. The fourth-order valence-corrected chi connectivity index (χ4v) is 1.93. The average Bonchev–Trinajstić information content (AvgIpc) is 2.86. The van der Waals surface area contributed by atoms with Crippen molar-refractivity contribution in [3.05, 3.63) is 0 Å². The Hall–Kier alpha value is -0.160. The standard InChI is InChI=1S/C9H17NO3/c1-12-9(13-2)5-10(6-9)8(7-11)3-4-8/h11H,3-7H2,1-2H3. The molecule has 2 rings (SSSR count). The Labute approximate surface area is 78.4 Å². The van der Waals surface area contributed by atoms with Crippen LogP contribution in [0, 0.1) is 0 Å². The number of likely N-dealkylation sites (tertiary alicyclic amines) is 1. The quantitative estimate of drug-likeness (QED) is 0.620. The lowest BCUT2D eigenvalue weighted by atomic mass is 10.0. The first kappa shape index (κ1) is 9.40. The SMILES string of the molecule is COC1(OC)CN(C2(CO)CC2)C1. The van der Waals surface area contributed by atoms with Crippen molar-refractivity contribution in [3.8, 4) is 0 Å². The molecule has 0 atom stereocenters.